The van der Waals surface area contributed by atoms with Crippen molar-refractivity contribution < 1.29 is 14.7 Å². The first-order valence-corrected chi connectivity index (χ1v) is 10.6. The van der Waals surface area contributed by atoms with Crippen molar-refractivity contribution in [3.8, 4) is 0 Å². The summed E-state index contributed by atoms with van der Waals surface area (Å²) in [6, 6.07) is 7.01. The summed E-state index contributed by atoms with van der Waals surface area (Å²) in [4.78, 5) is 31.6. The third-order valence-electron chi connectivity index (χ3n) is 5.91. The van der Waals surface area contributed by atoms with Crippen LogP contribution < -0.4 is 0 Å². The molecule has 5 rings (SSSR count). The second kappa shape index (κ2) is 6.52. The molecule has 2 aliphatic carbocycles. The fraction of sp³-hybridized carbons (Fsp3) is 0.348. The monoisotopic (exact) mass is 391 g/mol. The number of rotatable bonds is 5. The zero-order valence-electron chi connectivity index (χ0n) is 15.7. The highest BCUT2D eigenvalue weighted by Crippen LogP contribution is 2.42. The summed E-state index contributed by atoms with van der Waals surface area (Å²) in [5.41, 5.74) is 5.44. The van der Waals surface area contributed by atoms with Crippen LogP contribution in [0.4, 0.5) is 0 Å². The van der Waals surface area contributed by atoms with Gasteiger partial charge < -0.3 is 5.11 Å². The lowest BCUT2D eigenvalue weighted by atomic mass is 9.91. The fourth-order valence-corrected chi connectivity index (χ4v) is 5.69. The van der Waals surface area contributed by atoms with Gasteiger partial charge in [0.2, 0.25) is 0 Å². The molecule has 0 amide bonds. The molecule has 2 heterocycles. The minimum atomic E-state index is -0.922. The number of carboxylic acids is 1. The van der Waals surface area contributed by atoms with Gasteiger partial charge in [-0.2, -0.15) is 0 Å². The van der Waals surface area contributed by atoms with E-state index < -0.39 is 5.97 Å². The Morgan fingerprint density at radius 2 is 1.93 bits per heavy atom. The average Bonchev–Trinajstić information content (AvgIpc) is 3.33. The third kappa shape index (κ3) is 2.85. The number of carbonyl (C=O) groups is 2. The van der Waals surface area contributed by atoms with Gasteiger partial charge in [0.05, 0.1) is 11.3 Å². The number of benzene rings is 1. The van der Waals surface area contributed by atoms with Crippen LogP contribution in [0.25, 0.3) is 10.2 Å². The Labute approximate surface area is 167 Å². The SMILES string of the molecule is Cc1nc2sc3c(c2c(Cc2ccc(C(=O)O)cc2)c1C(=O)C1CC1)CCC3. The van der Waals surface area contributed by atoms with E-state index in [9.17, 15) is 9.59 Å². The molecular weight excluding hydrogens is 370 g/mol. The van der Waals surface area contributed by atoms with Crippen molar-refractivity contribution in [1.82, 2.24) is 4.98 Å². The Balaban J connectivity index is 1.68. The molecular formula is C23H21NO3S. The van der Waals surface area contributed by atoms with Gasteiger partial charge in [0.25, 0.3) is 0 Å². The summed E-state index contributed by atoms with van der Waals surface area (Å²) in [5.74, 6) is -0.534. The maximum Gasteiger partial charge on any atom is 0.335 e. The lowest BCUT2D eigenvalue weighted by Crippen LogP contribution is -2.11. The smallest absolute Gasteiger partial charge is 0.335 e. The van der Waals surface area contributed by atoms with Crippen molar-refractivity contribution >= 4 is 33.3 Å². The second-order valence-electron chi connectivity index (χ2n) is 7.91. The summed E-state index contributed by atoms with van der Waals surface area (Å²) >= 11 is 1.78. The lowest BCUT2D eigenvalue weighted by Gasteiger charge is -2.14. The lowest BCUT2D eigenvalue weighted by molar-refractivity contribution is 0.0696. The summed E-state index contributed by atoms with van der Waals surface area (Å²) in [5, 5.41) is 10.3. The number of nitrogens with zero attached hydrogens (tertiary/aromatic N) is 1. The summed E-state index contributed by atoms with van der Waals surface area (Å²) < 4.78 is 0. The summed E-state index contributed by atoms with van der Waals surface area (Å²) in [6.07, 6.45) is 5.92. The molecule has 0 radical (unpaired) electrons. The van der Waals surface area contributed by atoms with E-state index in [1.165, 1.54) is 22.2 Å². The van der Waals surface area contributed by atoms with Crippen molar-refractivity contribution in [2.75, 3.05) is 0 Å². The predicted octanol–water partition coefficient (Wildman–Crippen LogP) is 4.98. The molecule has 2 aromatic heterocycles. The molecule has 0 bridgehead atoms. The van der Waals surface area contributed by atoms with Crippen molar-refractivity contribution in [3.63, 3.8) is 0 Å². The van der Waals surface area contributed by atoms with Crippen molar-refractivity contribution in [2.24, 2.45) is 5.92 Å². The number of ketones is 1. The van der Waals surface area contributed by atoms with Crippen LogP contribution in [0.5, 0.6) is 0 Å². The van der Waals surface area contributed by atoms with Gasteiger partial charge in [-0.15, -0.1) is 11.3 Å². The largest absolute Gasteiger partial charge is 0.478 e. The molecule has 3 aromatic rings. The van der Waals surface area contributed by atoms with Gasteiger partial charge in [0, 0.05) is 21.7 Å². The Hall–Kier alpha value is -2.53. The number of pyridine rings is 1. The third-order valence-corrected chi connectivity index (χ3v) is 7.10. The molecule has 1 aromatic carbocycles. The topological polar surface area (TPSA) is 67.3 Å². The van der Waals surface area contributed by atoms with Crippen LogP contribution >= 0.6 is 11.3 Å². The van der Waals surface area contributed by atoms with Gasteiger partial charge in [-0.25, -0.2) is 9.78 Å². The number of carboxylic acid groups (broad SMARTS) is 1. The maximum atomic E-state index is 13.1. The van der Waals surface area contributed by atoms with E-state index in [1.54, 1.807) is 23.5 Å². The number of hydrogen-bond donors (Lipinski definition) is 1. The molecule has 1 fully saturated rings. The molecule has 4 nitrogen and oxygen atoms in total. The Morgan fingerprint density at radius 3 is 2.61 bits per heavy atom. The Kier molecular flexibility index (Phi) is 4.09. The first-order valence-electron chi connectivity index (χ1n) is 9.83. The molecule has 0 spiro atoms. The number of hydrogen-bond acceptors (Lipinski definition) is 4. The average molecular weight is 391 g/mol. The van der Waals surface area contributed by atoms with E-state index in [4.69, 9.17) is 10.1 Å². The molecule has 1 saturated carbocycles. The molecule has 28 heavy (non-hydrogen) atoms. The quantitative estimate of drug-likeness (QED) is 0.623. The van der Waals surface area contributed by atoms with E-state index in [-0.39, 0.29) is 17.3 Å². The normalized spacial score (nSPS) is 15.8. The predicted molar refractivity (Wildman–Crippen MR) is 110 cm³/mol. The number of aromatic carboxylic acids is 1. The minimum absolute atomic E-state index is 0.151. The molecule has 0 aliphatic heterocycles. The van der Waals surface area contributed by atoms with E-state index in [2.05, 4.69) is 0 Å². The van der Waals surface area contributed by atoms with Gasteiger partial charge in [-0.3, -0.25) is 4.79 Å². The second-order valence-corrected chi connectivity index (χ2v) is 8.99. The van der Waals surface area contributed by atoms with Crippen molar-refractivity contribution in [1.29, 1.82) is 0 Å². The first-order chi connectivity index (χ1) is 13.5. The van der Waals surface area contributed by atoms with Gasteiger partial charge in [0.1, 0.15) is 4.83 Å². The molecule has 0 saturated heterocycles. The van der Waals surface area contributed by atoms with Crippen LogP contribution in [0.3, 0.4) is 0 Å². The van der Waals surface area contributed by atoms with Gasteiger partial charge in [0.15, 0.2) is 5.78 Å². The van der Waals surface area contributed by atoms with Crippen LogP contribution in [0.2, 0.25) is 0 Å². The van der Waals surface area contributed by atoms with Crippen LogP contribution in [0, 0.1) is 12.8 Å². The van der Waals surface area contributed by atoms with Gasteiger partial charge in [-0.05, 0) is 74.3 Å². The van der Waals surface area contributed by atoms with E-state index in [0.717, 1.165) is 52.9 Å². The van der Waals surface area contributed by atoms with E-state index >= 15 is 0 Å². The van der Waals surface area contributed by atoms with Gasteiger partial charge >= 0.3 is 5.97 Å². The number of aryl methyl sites for hydroxylation is 3. The molecule has 142 valence electrons. The number of fused-ring (bicyclic) bond motifs is 3. The van der Waals surface area contributed by atoms with Crippen molar-refractivity contribution in [3.05, 3.63) is 62.7 Å². The Bertz CT molecular complexity index is 1120. The Morgan fingerprint density at radius 1 is 1.18 bits per heavy atom. The molecule has 0 atom stereocenters. The first kappa shape index (κ1) is 17.6. The highest BCUT2D eigenvalue weighted by atomic mass is 32.1. The maximum absolute atomic E-state index is 13.1. The minimum Gasteiger partial charge on any atom is -0.478 e. The molecule has 0 unspecified atom stereocenters. The summed E-state index contributed by atoms with van der Waals surface area (Å²) in [7, 11) is 0. The van der Waals surface area contributed by atoms with Crippen molar-refractivity contribution in [2.45, 2.75) is 45.4 Å². The number of thiophene rings is 1. The standard InChI is InChI=1S/C23H21NO3S/c1-12-19(21(25)14-9-10-14)17(11-13-5-7-15(8-6-13)23(26)27)20-16-3-2-4-18(16)28-22(20)24-12/h5-8,14H,2-4,9-11H2,1H3,(H,26,27). The van der Waals surface area contributed by atoms with E-state index in [1.807, 2.05) is 19.1 Å². The molecule has 2 aliphatic rings. The van der Waals surface area contributed by atoms with Crippen LogP contribution in [-0.2, 0) is 19.3 Å². The summed E-state index contributed by atoms with van der Waals surface area (Å²) in [6.45, 7) is 1.96. The zero-order valence-corrected chi connectivity index (χ0v) is 16.6. The fourth-order valence-electron chi connectivity index (χ4n) is 4.35. The van der Waals surface area contributed by atoms with Gasteiger partial charge in [-0.1, -0.05) is 12.1 Å². The number of carbonyl (C=O) groups excluding carboxylic acids is 1. The number of aromatic nitrogens is 1. The van der Waals surface area contributed by atoms with Crippen LogP contribution in [0.15, 0.2) is 24.3 Å². The van der Waals surface area contributed by atoms with Crippen LogP contribution in [-0.4, -0.2) is 21.8 Å². The highest BCUT2D eigenvalue weighted by Gasteiger charge is 2.34. The molecule has 5 heteroatoms. The number of Topliss-reactive ketones (excluding diaryl/α,β-unsaturated/α-hetero) is 1. The van der Waals surface area contributed by atoms with E-state index in [0.29, 0.717) is 6.42 Å². The van der Waals surface area contributed by atoms with Crippen LogP contribution in [0.1, 0.15) is 67.2 Å². The molecule has 1 N–H and O–H groups in total. The highest BCUT2D eigenvalue weighted by molar-refractivity contribution is 7.18. The zero-order chi connectivity index (χ0) is 19.4.